The van der Waals surface area contributed by atoms with Gasteiger partial charge in [0.25, 0.3) is 0 Å². The average Bonchev–Trinajstić information content (AvgIpc) is 2.84. The fourth-order valence-corrected chi connectivity index (χ4v) is 1.86. The molecule has 3 aromatic heterocycles. The van der Waals surface area contributed by atoms with Gasteiger partial charge in [0.2, 0.25) is 5.95 Å². The van der Waals surface area contributed by atoms with E-state index in [1.807, 2.05) is 0 Å². The molecule has 21 heavy (non-hydrogen) atoms. The van der Waals surface area contributed by atoms with Crippen molar-refractivity contribution < 1.29 is 32.9 Å². The topological polar surface area (TPSA) is 109 Å². The number of hydrogen-bond acceptors (Lipinski definition) is 6. The van der Waals surface area contributed by atoms with Gasteiger partial charge in [-0.1, -0.05) is 0 Å². The molecule has 3 rings (SSSR count). The van der Waals surface area contributed by atoms with Gasteiger partial charge >= 0.3 is 18.9 Å². The number of nitrogen functional groups attached to an aromatic ring is 1. The van der Waals surface area contributed by atoms with E-state index < -0.39 is 24.1 Å². The largest absolute Gasteiger partial charge is 1.00 e. The summed E-state index contributed by atoms with van der Waals surface area (Å²) in [6, 6.07) is 4.51. The molecule has 0 aliphatic heterocycles. The van der Waals surface area contributed by atoms with Gasteiger partial charge in [0.05, 0.1) is 5.97 Å². The molecule has 0 atom stereocenters. The molecule has 2 N–H and O–H groups in total. The standard InChI is InChI=1S/C13H11N5O2.Li/c1-7-10(12(19)20)4-9(6-15-7)8-2-3-18-11(5-8)16-13(14)17-18;/h2-6H,1H3,(H2,14,17)(H,19,20);/q;+1/p-1/i1D3;. The average molecular weight is 278 g/mol. The summed E-state index contributed by atoms with van der Waals surface area (Å²) >= 11 is 0. The summed E-state index contributed by atoms with van der Waals surface area (Å²) in [5, 5.41) is 15.2. The fraction of sp³-hybridized carbons (Fsp3) is 0.0769. The zero-order valence-corrected chi connectivity index (χ0v) is 11.1. The molecule has 8 heteroatoms. The molecular weight excluding hydrogens is 265 g/mol. The number of carboxylic acid groups (broad SMARTS) is 1. The van der Waals surface area contributed by atoms with E-state index in [0.717, 1.165) is 0 Å². The van der Waals surface area contributed by atoms with Gasteiger partial charge in [-0.3, -0.25) is 4.98 Å². The van der Waals surface area contributed by atoms with Crippen LogP contribution in [0.1, 0.15) is 20.2 Å². The van der Waals surface area contributed by atoms with Crippen molar-refractivity contribution in [3.05, 3.63) is 41.9 Å². The molecule has 100 valence electrons. The van der Waals surface area contributed by atoms with E-state index in [1.54, 1.807) is 18.3 Å². The summed E-state index contributed by atoms with van der Waals surface area (Å²) in [5.41, 5.74) is 6.01. The Morgan fingerprint density at radius 1 is 1.43 bits per heavy atom. The van der Waals surface area contributed by atoms with Crippen LogP contribution in [0.5, 0.6) is 0 Å². The van der Waals surface area contributed by atoms with E-state index in [2.05, 4.69) is 15.1 Å². The van der Waals surface area contributed by atoms with Gasteiger partial charge in [-0.25, -0.2) is 4.52 Å². The number of carbonyl (C=O) groups excluding carboxylic acids is 1. The number of aryl methyl sites for hydroxylation is 1. The Hall–Kier alpha value is -2.36. The van der Waals surface area contributed by atoms with Crippen LogP contribution in [0.25, 0.3) is 16.8 Å². The SMILES string of the molecule is [2H]C([2H])([2H])c1ncc(-c2ccn3nc(N)nc3c2)cc1C(=O)[O-].[Li+]. The van der Waals surface area contributed by atoms with E-state index in [1.165, 1.54) is 16.8 Å². The van der Waals surface area contributed by atoms with E-state index in [0.29, 0.717) is 16.8 Å². The molecule has 3 aromatic rings. The molecule has 0 saturated heterocycles. The summed E-state index contributed by atoms with van der Waals surface area (Å²) in [6.07, 6.45) is 2.89. The monoisotopic (exact) mass is 278 g/mol. The Labute approximate surface area is 136 Å². The zero-order valence-electron chi connectivity index (χ0n) is 14.1. The second-order valence-electron chi connectivity index (χ2n) is 4.10. The molecule has 0 saturated carbocycles. The first-order valence-electron chi connectivity index (χ1n) is 7.10. The van der Waals surface area contributed by atoms with E-state index in [-0.39, 0.29) is 24.8 Å². The molecule has 0 aromatic carbocycles. The van der Waals surface area contributed by atoms with E-state index in [9.17, 15) is 9.90 Å². The van der Waals surface area contributed by atoms with Crippen molar-refractivity contribution in [2.75, 3.05) is 5.73 Å². The second-order valence-corrected chi connectivity index (χ2v) is 4.10. The maximum absolute atomic E-state index is 11.2. The summed E-state index contributed by atoms with van der Waals surface area (Å²) in [5.74, 6) is -1.49. The van der Waals surface area contributed by atoms with Crippen LogP contribution in [0.15, 0.2) is 30.6 Å². The predicted octanol–water partition coefficient (Wildman–Crippen LogP) is -2.95. The molecule has 0 aliphatic carbocycles. The molecule has 3 heterocycles. The first-order chi connectivity index (χ1) is 10.8. The van der Waals surface area contributed by atoms with Crippen molar-refractivity contribution >= 4 is 17.6 Å². The van der Waals surface area contributed by atoms with Crippen molar-refractivity contribution in [3.63, 3.8) is 0 Å². The molecule has 0 spiro atoms. The van der Waals surface area contributed by atoms with Crippen LogP contribution in [-0.2, 0) is 0 Å². The quantitative estimate of drug-likeness (QED) is 0.502. The number of aromatic carboxylic acids is 1. The zero-order chi connectivity index (χ0) is 16.8. The predicted molar refractivity (Wildman–Crippen MR) is 69.7 cm³/mol. The summed E-state index contributed by atoms with van der Waals surface area (Å²) in [4.78, 5) is 19.0. The number of nitrogens with zero attached hydrogens (tertiary/aromatic N) is 4. The first-order valence-corrected chi connectivity index (χ1v) is 5.60. The third-order valence-electron chi connectivity index (χ3n) is 2.79. The van der Waals surface area contributed by atoms with Crippen molar-refractivity contribution in [1.29, 1.82) is 0 Å². The maximum atomic E-state index is 11.2. The van der Waals surface area contributed by atoms with Gasteiger partial charge in [0.15, 0.2) is 5.65 Å². The van der Waals surface area contributed by atoms with Gasteiger partial charge in [-0.05, 0) is 30.6 Å². The van der Waals surface area contributed by atoms with Crippen LogP contribution >= 0.6 is 0 Å². The summed E-state index contributed by atoms with van der Waals surface area (Å²) < 4.78 is 23.5. The fourth-order valence-electron chi connectivity index (χ4n) is 1.86. The van der Waals surface area contributed by atoms with Crippen LogP contribution in [0.3, 0.4) is 0 Å². The maximum Gasteiger partial charge on any atom is 1.00 e. The number of pyridine rings is 2. The number of carbonyl (C=O) groups is 1. The number of hydrogen-bond donors (Lipinski definition) is 1. The molecule has 7 nitrogen and oxygen atoms in total. The van der Waals surface area contributed by atoms with E-state index >= 15 is 0 Å². The normalized spacial score (nSPS) is 13.0. The van der Waals surface area contributed by atoms with Crippen molar-refractivity contribution in [3.8, 4) is 11.1 Å². The number of rotatable bonds is 2. The Bertz CT molecular complexity index is 926. The van der Waals surface area contributed by atoms with Crippen molar-refractivity contribution in [2.45, 2.75) is 6.85 Å². The number of aromatic nitrogens is 4. The molecule has 0 amide bonds. The number of fused-ring (bicyclic) bond motifs is 1. The Balaban J connectivity index is 0.00000208. The van der Waals surface area contributed by atoms with Crippen LogP contribution < -0.4 is 29.7 Å². The minimum Gasteiger partial charge on any atom is -0.545 e. The smallest absolute Gasteiger partial charge is 0.545 e. The van der Waals surface area contributed by atoms with Gasteiger partial charge in [0.1, 0.15) is 0 Å². The molecule has 0 radical (unpaired) electrons. The number of carboxylic acids is 1. The number of anilines is 1. The Kier molecular flexibility index (Phi) is 2.99. The first kappa shape index (κ1) is 11.3. The van der Waals surface area contributed by atoms with E-state index in [4.69, 9.17) is 9.85 Å². The Morgan fingerprint density at radius 3 is 2.95 bits per heavy atom. The van der Waals surface area contributed by atoms with Gasteiger partial charge in [-0.2, -0.15) is 4.98 Å². The molecular formula is C13H10LiN5O2. The van der Waals surface area contributed by atoms with Crippen molar-refractivity contribution in [2.24, 2.45) is 0 Å². The molecule has 0 fully saturated rings. The summed E-state index contributed by atoms with van der Waals surface area (Å²) in [6.45, 7) is -2.64. The number of nitrogens with two attached hydrogens (primary N) is 1. The Morgan fingerprint density at radius 2 is 2.24 bits per heavy atom. The summed E-state index contributed by atoms with van der Waals surface area (Å²) in [7, 11) is 0. The molecule has 0 bridgehead atoms. The molecule has 0 unspecified atom stereocenters. The van der Waals surface area contributed by atoms with Crippen LogP contribution in [-0.4, -0.2) is 25.6 Å². The van der Waals surface area contributed by atoms with Gasteiger partial charge < -0.3 is 15.6 Å². The minimum absolute atomic E-state index is 0. The second kappa shape index (κ2) is 5.56. The van der Waals surface area contributed by atoms with Crippen molar-refractivity contribution in [1.82, 2.24) is 19.6 Å². The molecule has 0 aliphatic rings. The van der Waals surface area contributed by atoms with Crippen LogP contribution in [0.4, 0.5) is 5.95 Å². The van der Waals surface area contributed by atoms with Crippen LogP contribution in [0, 0.1) is 6.85 Å². The van der Waals surface area contributed by atoms with Crippen LogP contribution in [0.2, 0.25) is 0 Å². The third kappa shape index (κ3) is 2.75. The third-order valence-corrected chi connectivity index (χ3v) is 2.79. The van der Waals surface area contributed by atoms with Gasteiger partial charge in [0, 0.05) is 33.3 Å². The van der Waals surface area contributed by atoms with Gasteiger partial charge in [-0.15, -0.1) is 5.10 Å². The minimum atomic E-state index is -2.64.